The molecule has 1 unspecified atom stereocenters. The van der Waals surface area contributed by atoms with E-state index >= 15 is 8.63 Å². The quantitative estimate of drug-likeness (QED) is 0.150. The molecule has 2 aliphatic heterocycles. The molecule has 6 aromatic carbocycles. The lowest BCUT2D eigenvalue weighted by atomic mass is 9.79. The highest BCUT2D eigenvalue weighted by Gasteiger charge is 2.54. The monoisotopic (exact) mass is 801 g/mol. The van der Waals surface area contributed by atoms with Gasteiger partial charge in [-0.3, -0.25) is 0 Å². The van der Waals surface area contributed by atoms with Gasteiger partial charge >= 0.3 is 6.97 Å². The van der Waals surface area contributed by atoms with Crippen LogP contribution >= 0.6 is 0 Å². The van der Waals surface area contributed by atoms with Crippen LogP contribution in [0, 0.1) is 27.7 Å². The number of para-hydroxylation sites is 2. The van der Waals surface area contributed by atoms with Gasteiger partial charge in [-0.15, -0.1) is 0 Å². The summed E-state index contributed by atoms with van der Waals surface area (Å²) in [6, 6.07) is 48.8. The van der Waals surface area contributed by atoms with E-state index in [1.165, 1.54) is 14.9 Å². The van der Waals surface area contributed by atoms with Crippen molar-refractivity contribution in [3.05, 3.63) is 203 Å². The van der Waals surface area contributed by atoms with E-state index in [2.05, 4.69) is 141 Å². The van der Waals surface area contributed by atoms with Crippen molar-refractivity contribution in [3.63, 3.8) is 0 Å². The van der Waals surface area contributed by atoms with Crippen molar-refractivity contribution in [3.8, 4) is 11.1 Å². The molecule has 0 spiro atoms. The van der Waals surface area contributed by atoms with E-state index in [1.807, 2.05) is 73.8 Å². The second-order valence-electron chi connectivity index (χ2n) is 16.5. The van der Waals surface area contributed by atoms with E-state index in [1.54, 1.807) is 0 Å². The summed E-state index contributed by atoms with van der Waals surface area (Å²) in [4.78, 5) is 10.6. The highest BCUT2D eigenvalue weighted by atomic mass is 19.2. The number of nitrogens with zero attached hydrogens (tertiary/aromatic N) is 5. The summed E-state index contributed by atoms with van der Waals surface area (Å²) < 4.78 is 36.6. The van der Waals surface area contributed by atoms with Crippen LogP contribution in [0.3, 0.4) is 0 Å². The molecule has 1 aromatic heterocycles. The van der Waals surface area contributed by atoms with Gasteiger partial charge in [0.25, 0.3) is 5.82 Å². The van der Waals surface area contributed by atoms with Crippen LogP contribution in [0.1, 0.15) is 34.2 Å². The minimum atomic E-state index is -4.33. The standard InChI is InChI=1S/C53H46BF2N5/c1-35-16-23-43(24-17-35)58(5)50-34-52-57-51-29-22-41-32-40(39-18-25-46(26-19-39)59(44-12-8-6-9-13-44)45-14-10-7-11-15-45)20-27-48(41)60(51)54(55,56)61(52)49-28-21-42(33-47(49)50)53-37(3)30-36(2)31-38(53)4/h6-28,30-34,48H,29H2,1-5H3. The fraction of sp³-hybridized carbons (Fsp3) is 0.132. The van der Waals surface area contributed by atoms with E-state index < -0.39 is 13.0 Å². The molecule has 0 fully saturated rings. The predicted octanol–water partition coefficient (Wildman–Crippen LogP) is 13.2. The Balaban J connectivity index is 1.03. The number of halogens is 2. The summed E-state index contributed by atoms with van der Waals surface area (Å²) in [5.41, 5.74) is 15.0. The van der Waals surface area contributed by atoms with Gasteiger partial charge in [-0.2, -0.15) is 0 Å². The Bertz CT molecular complexity index is 2910. The molecule has 5 nitrogen and oxygen atoms in total. The smallest absolute Gasteiger partial charge is 0.415 e. The van der Waals surface area contributed by atoms with Crippen molar-refractivity contribution in [2.24, 2.45) is 4.99 Å². The molecule has 300 valence electrons. The summed E-state index contributed by atoms with van der Waals surface area (Å²) in [5, 5.41) is 0.736. The second kappa shape index (κ2) is 14.9. The molecule has 0 saturated carbocycles. The minimum absolute atomic E-state index is 0.251. The van der Waals surface area contributed by atoms with Gasteiger partial charge in [0, 0.05) is 47.6 Å². The van der Waals surface area contributed by atoms with E-state index in [0.29, 0.717) is 17.8 Å². The van der Waals surface area contributed by atoms with E-state index in [4.69, 9.17) is 4.99 Å². The maximum absolute atomic E-state index is 17.7. The summed E-state index contributed by atoms with van der Waals surface area (Å²) in [7, 11) is 2.00. The van der Waals surface area contributed by atoms with Crippen molar-refractivity contribution in [2.75, 3.05) is 16.8 Å². The molecule has 7 aromatic rings. The molecule has 0 saturated heterocycles. The van der Waals surface area contributed by atoms with E-state index in [-0.39, 0.29) is 5.82 Å². The Kier molecular flexibility index (Phi) is 9.32. The third-order valence-corrected chi connectivity index (χ3v) is 12.4. The maximum Gasteiger partial charge on any atom is 0.638 e. The van der Waals surface area contributed by atoms with Gasteiger partial charge in [-0.05, 0) is 138 Å². The number of amidine groups is 1. The van der Waals surface area contributed by atoms with Gasteiger partial charge in [0.15, 0.2) is 5.84 Å². The predicted molar refractivity (Wildman–Crippen MR) is 250 cm³/mol. The average Bonchev–Trinajstić information content (AvgIpc) is 3.26. The SMILES string of the molecule is Cc1ccc(N(C)c2cc3[n+](c4ccc(-c5c(C)cc(C)cc5C)cc24)[B-](F)(F)N2C(=N3)CC=C3C=C(c4ccc(N(c5ccccc5)c5ccccc5)cc4)C=CC32)cc1. The molecule has 0 bridgehead atoms. The number of allylic oxidation sites excluding steroid dienone is 2. The number of hydrogen-bond donors (Lipinski definition) is 0. The Hall–Kier alpha value is -7.06. The number of fused-ring (bicyclic) bond motifs is 6. The lowest BCUT2D eigenvalue weighted by Crippen LogP contribution is -2.75. The van der Waals surface area contributed by atoms with Crippen LogP contribution in [0.2, 0.25) is 0 Å². The van der Waals surface area contributed by atoms with Crippen molar-refractivity contribution < 1.29 is 13.1 Å². The van der Waals surface area contributed by atoms with Crippen LogP contribution in [0.5, 0.6) is 0 Å². The molecule has 0 radical (unpaired) electrons. The normalized spacial score (nSPS) is 16.2. The number of hydrogen-bond acceptors (Lipinski definition) is 4. The molecular weight excluding hydrogens is 755 g/mol. The van der Waals surface area contributed by atoms with E-state index in [9.17, 15) is 0 Å². The summed E-state index contributed by atoms with van der Waals surface area (Å²) in [6.45, 7) is 4.07. The fourth-order valence-electron chi connectivity index (χ4n) is 9.58. The van der Waals surface area contributed by atoms with Crippen LogP contribution < -0.4 is 14.3 Å². The zero-order chi connectivity index (χ0) is 42.0. The fourth-order valence-corrected chi connectivity index (χ4v) is 9.58. The Morgan fingerprint density at radius 1 is 0.672 bits per heavy atom. The first-order chi connectivity index (χ1) is 29.5. The first-order valence-electron chi connectivity index (χ1n) is 21.0. The highest BCUT2D eigenvalue weighted by molar-refractivity contribution is 6.58. The highest BCUT2D eigenvalue weighted by Crippen LogP contribution is 2.43. The zero-order valence-corrected chi connectivity index (χ0v) is 35.0. The first kappa shape index (κ1) is 38.2. The topological polar surface area (TPSA) is 26.0 Å². The van der Waals surface area contributed by atoms with Crippen molar-refractivity contribution in [2.45, 2.75) is 40.2 Å². The van der Waals surface area contributed by atoms with Crippen molar-refractivity contribution in [1.82, 2.24) is 4.81 Å². The number of pyridine rings is 1. The Labute approximate surface area is 356 Å². The average molecular weight is 802 g/mol. The van der Waals surface area contributed by atoms with Crippen LogP contribution in [-0.4, -0.2) is 30.7 Å². The van der Waals surface area contributed by atoms with E-state index in [0.717, 1.165) is 78.4 Å². The molecular formula is C53H46BF2N5. The number of rotatable bonds is 7. The van der Waals surface area contributed by atoms with Gasteiger partial charge < -0.3 is 27.7 Å². The second-order valence-corrected chi connectivity index (χ2v) is 16.5. The van der Waals surface area contributed by atoms with Crippen molar-refractivity contribution in [1.29, 1.82) is 0 Å². The van der Waals surface area contributed by atoms with Gasteiger partial charge in [0.1, 0.15) is 0 Å². The number of aliphatic imine (C=N–C) groups is 1. The van der Waals surface area contributed by atoms with Gasteiger partial charge in [0.05, 0.1) is 17.3 Å². The van der Waals surface area contributed by atoms with Crippen LogP contribution in [-0.2, 0) is 0 Å². The molecule has 0 N–H and O–H groups in total. The molecule has 0 amide bonds. The third-order valence-electron chi connectivity index (χ3n) is 12.4. The molecule has 61 heavy (non-hydrogen) atoms. The number of aromatic nitrogens is 1. The van der Waals surface area contributed by atoms with Crippen LogP contribution in [0.15, 0.2) is 180 Å². The van der Waals surface area contributed by atoms with Gasteiger partial charge in [-0.1, -0.05) is 108 Å². The number of anilines is 5. The third kappa shape index (κ3) is 6.63. The maximum atomic E-state index is 17.7. The molecule has 1 atom stereocenters. The molecule has 1 aliphatic carbocycles. The lowest BCUT2D eigenvalue weighted by molar-refractivity contribution is -0.533. The minimum Gasteiger partial charge on any atom is -0.415 e. The molecule has 10 rings (SSSR count). The van der Waals surface area contributed by atoms with Gasteiger partial charge in [-0.25, -0.2) is 0 Å². The number of aryl methyl sites for hydroxylation is 4. The van der Waals surface area contributed by atoms with Crippen molar-refractivity contribution >= 4 is 63.5 Å². The molecule has 8 heteroatoms. The Morgan fingerprint density at radius 2 is 1.28 bits per heavy atom. The largest absolute Gasteiger partial charge is 0.638 e. The van der Waals surface area contributed by atoms with Crippen LogP contribution in [0.25, 0.3) is 27.6 Å². The summed E-state index contributed by atoms with van der Waals surface area (Å²) in [6.07, 6.45) is 8.31. The summed E-state index contributed by atoms with van der Waals surface area (Å²) in [5.74, 6) is 0.624. The summed E-state index contributed by atoms with van der Waals surface area (Å²) >= 11 is 0. The number of benzene rings is 6. The Morgan fingerprint density at radius 3 is 1.93 bits per heavy atom. The zero-order valence-electron chi connectivity index (χ0n) is 35.0. The van der Waals surface area contributed by atoms with Crippen LogP contribution in [0.4, 0.5) is 42.9 Å². The van der Waals surface area contributed by atoms with Gasteiger partial charge in [0.2, 0.25) is 0 Å². The lowest BCUT2D eigenvalue weighted by Gasteiger charge is -2.47. The molecule has 3 aliphatic rings. The first-order valence-corrected chi connectivity index (χ1v) is 21.0. The molecule has 3 heterocycles.